The number of allylic oxidation sites excluding steroid dienone is 1. The van der Waals surface area contributed by atoms with E-state index in [9.17, 15) is 15.0 Å². The molecule has 0 saturated carbocycles. The zero-order valence-electron chi connectivity index (χ0n) is 37.7. The summed E-state index contributed by atoms with van der Waals surface area (Å²) >= 11 is 0. The lowest BCUT2D eigenvalue weighted by molar-refractivity contribution is -0.123. The number of carbonyl (C=O) groups is 1. The monoisotopic (exact) mass is 776 g/mol. The summed E-state index contributed by atoms with van der Waals surface area (Å²) in [5.41, 5.74) is 0. The Hall–Kier alpha value is -0.870. The molecule has 0 spiro atoms. The van der Waals surface area contributed by atoms with Gasteiger partial charge in [0.05, 0.1) is 18.8 Å². The van der Waals surface area contributed by atoms with Crippen LogP contribution in [-0.2, 0) is 4.79 Å². The largest absolute Gasteiger partial charge is 0.394 e. The van der Waals surface area contributed by atoms with Crippen LogP contribution in [0.3, 0.4) is 0 Å². The lowest BCUT2D eigenvalue weighted by Crippen LogP contribution is -2.45. The van der Waals surface area contributed by atoms with Crippen molar-refractivity contribution in [1.82, 2.24) is 5.32 Å². The Kier molecular flexibility index (Phi) is 46.8. The van der Waals surface area contributed by atoms with E-state index in [2.05, 4.69) is 19.2 Å². The molecular formula is C51H101NO3. The Morgan fingerprint density at radius 1 is 0.418 bits per heavy atom. The average Bonchev–Trinajstić information content (AvgIpc) is 3.19. The molecule has 4 heteroatoms. The van der Waals surface area contributed by atoms with Crippen LogP contribution in [0.5, 0.6) is 0 Å². The summed E-state index contributed by atoms with van der Waals surface area (Å²) in [5, 5.41) is 23.0. The van der Waals surface area contributed by atoms with Crippen molar-refractivity contribution in [2.45, 2.75) is 302 Å². The van der Waals surface area contributed by atoms with E-state index < -0.39 is 12.1 Å². The van der Waals surface area contributed by atoms with Crippen LogP contribution in [0.1, 0.15) is 290 Å². The van der Waals surface area contributed by atoms with Gasteiger partial charge in [0.1, 0.15) is 0 Å². The minimum absolute atomic E-state index is 0.0607. The van der Waals surface area contributed by atoms with E-state index in [1.165, 1.54) is 244 Å². The van der Waals surface area contributed by atoms with Crippen LogP contribution in [-0.4, -0.2) is 34.9 Å². The van der Waals surface area contributed by atoms with Crippen molar-refractivity contribution in [3.05, 3.63) is 12.2 Å². The summed E-state index contributed by atoms with van der Waals surface area (Å²) in [4.78, 5) is 12.4. The van der Waals surface area contributed by atoms with E-state index in [4.69, 9.17) is 0 Å². The predicted octanol–water partition coefficient (Wildman–Crippen LogP) is 16.2. The molecular weight excluding hydrogens is 675 g/mol. The van der Waals surface area contributed by atoms with Crippen LogP contribution in [0.15, 0.2) is 12.2 Å². The van der Waals surface area contributed by atoms with E-state index in [1.54, 1.807) is 6.08 Å². The maximum Gasteiger partial charge on any atom is 0.220 e. The maximum atomic E-state index is 12.4. The molecule has 2 unspecified atom stereocenters. The average molecular weight is 776 g/mol. The highest BCUT2D eigenvalue weighted by Gasteiger charge is 2.18. The minimum Gasteiger partial charge on any atom is -0.394 e. The number of aliphatic hydroxyl groups excluding tert-OH is 2. The molecule has 0 aliphatic rings. The molecule has 0 aromatic rings. The molecule has 0 saturated heterocycles. The van der Waals surface area contributed by atoms with Crippen molar-refractivity contribution in [3.63, 3.8) is 0 Å². The second-order valence-corrected chi connectivity index (χ2v) is 17.6. The fourth-order valence-electron chi connectivity index (χ4n) is 8.12. The molecule has 0 aliphatic heterocycles. The van der Waals surface area contributed by atoms with Gasteiger partial charge in [0.2, 0.25) is 5.91 Å². The van der Waals surface area contributed by atoms with Crippen LogP contribution in [0.25, 0.3) is 0 Å². The van der Waals surface area contributed by atoms with Gasteiger partial charge < -0.3 is 15.5 Å². The Labute approximate surface area is 346 Å². The molecule has 0 heterocycles. The van der Waals surface area contributed by atoms with Gasteiger partial charge in [-0.3, -0.25) is 4.79 Å². The number of aliphatic hydroxyl groups is 2. The first-order valence-corrected chi connectivity index (χ1v) is 25.4. The van der Waals surface area contributed by atoms with E-state index in [0.29, 0.717) is 6.42 Å². The van der Waals surface area contributed by atoms with Crippen LogP contribution >= 0.6 is 0 Å². The topological polar surface area (TPSA) is 69.6 Å². The van der Waals surface area contributed by atoms with Gasteiger partial charge in [0.15, 0.2) is 0 Å². The van der Waals surface area contributed by atoms with Crippen molar-refractivity contribution in [2.24, 2.45) is 0 Å². The molecule has 0 radical (unpaired) electrons. The third kappa shape index (κ3) is 44.1. The first-order chi connectivity index (χ1) is 27.2. The molecule has 1 amide bonds. The van der Waals surface area contributed by atoms with Gasteiger partial charge in [-0.25, -0.2) is 0 Å². The van der Waals surface area contributed by atoms with E-state index in [-0.39, 0.29) is 12.5 Å². The van der Waals surface area contributed by atoms with E-state index >= 15 is 0 Å². The van der Waals surface area contributed by atoms with E-state index in [0.717, 1.165) is 25.7 Å². The second-order valence-electron chi connectivity index (χ2n) is 17.6. The van der Waals surface area contributed by atoms with Gasteiger partial charge in [0.25, 0.3) is 0 Å². The summed E-state index contributed by atoms with van der Waals surface area (Å²) in [7, 11) is 0. The first-order valence-electron chi connectivity index (χ1n) is 25.4. The number of nitrogens with one attached hydrogen (secondary N) is 1. The smallest absolute Gasteiger partial charge is 0.220 e. The highest BCUT2D eigenvalue weighted by atomic mass is 16.3. The van der Waals surface area contributed by atoms with Crippen molar-refractivity contribution in [3.8, 4) is 0 Å². The quantitative estimate of drug-likeness (QED) is 0.0426. The van der Waals surface area contributed by atoms with Crippen molar-refractivity contribution < 1.29 is 15.0 Å². The standard InChI is InChI=1S/C51H101NO3/c1-3-5-7-9-11-13-15-17-18-19-20-21-22-23-24-25-26-27-28-29-30-31-32-33-34-35-36-38-40-42-44-46-50(54)49(48-53)52-51(55)47-45-43-41-39-37-16-14-12-10-8-6-4-2/h44,46,49-50,53-54H,3-43,45,47-48H2,1-2H3,(H,52,55)/b46-44+. The van der Waals surface area contributed by atoms with Crippen LogP contribution < -0.4 is 5.32 Å². The number of amides is 1. The van der Waals surface area contributed by atoms with Crippen molar-refractivity contribution in [1.29, 1.82) is 0 Å². The molecule has 0 aliphatic carbocycles. The summed E-state index contributed by atoms with van der Waals surface area (Å²) in [6, 6.07) is -0.616. The molecule has 0 rings (SSSR count). The maximum absolute atomic E-state index is 12.4. The predicted molar refractivity (Wildman–Crippen MR) is 244 cm³/mol. The molecule has 0 bridgehead atoms. The Morgan fingerprint density at radius 2 is 0.673 bits per heavy atom. The van der Waals surface area contributed by atoms with Gasteiger partial charge in [-0.05, 0) is 19.3 Å². The lowest BCUT2D eigenvalue weighted by Gasteiger charge is -2.20. The van der Waals surface area contributed by atoms with Gasteiger partial charge in [-0.15, -0.1) is 0 Å². The van der Waals surface area contributed by atoms with Gasteiger partial charge in [-0.2, -0.15) is 0 Å². The number of hydrogen-bond acceptors (Lipinski definition) is 3. The van der Waals surface area contributed by atoms with Crippen molar-refractivity contribution >= 4 is 5.91 Å². The minimum atomic E-state index is -0.834. The summed E-state index contributed by atoms with van der Waals surface area (Å²) in [6.07, 6.45) is 60.8. The SMILES string of the molecule is CCCCCCCCCCCCCCCCCCCCCCCCCCCCCCC/C=C/C(O)C(CO)NC(=O)CCCCCCCCCCCCCC. The van der Waals surface area contributed by atoms with Crippen molar-refractivity contribution in [2.75, 3.05) is 6.61 Å². The molecule has 0 aromatic carbocycles. The Balaban J connectivity index is 3.41. The molecule has 55 heavy (non-hydrogen) atoms. The molecule has 328 valence electrons. The normalized spacial score (nSPS) is 12.9. The van der Waals surface area contributed by atoms with Gasteiger partial charge in [-0.1, -0.05) is 276 Å². The fraction of sp³-hybridized carbons (Fsp3) is 0.941. The highest BCUT2D eigenvalue weighted by molar-refractivity contribution is 5.76. The Bertz CT molecular complexity index is 754. The summed E-state index contributed by atoms with van der Waals surface area (Å²) < 4.78 is 0. The molecule has 4 nitrogen and oxygen atoms in total. The second kappa shape index (κ2) is 47.5. The molecule has 3 N–H and O–H groups in total. The van der Waals surface area contributed by atoms with Gasteiger partial charge in [0, 0.05) is 6.42 Å². The number of rotatable bonds is 47. The number of hydrogen-bond donors (Lipinski definition) is 3. The fourth-order valence-corrected chi connectivity index (χ4v) is 8.12. The number of carbonyl (C=O) groups excluding carboxylic acids is 1. The summed E-state index contributed by atoms with van der Waals surface area (Å²) in [6.45, 7) is 4.33. The van der Waals surface area contributed by atoms with Gasteiger partial charge >= 0.3 is 0 Å². The third-order valence-electron chi connectivity index (χ3n) is 12.0. The molecule has 0 fully saturated rings. The molecule has 0 aromatic heterocycles. The van der Waals surface area contributed by atoms with Crippen LogP contribution in [0.2, 0.25) is 0 Å². The lowest BCUT2D eigenvalue weighted by atomic mass is 10.0. The molecule has 2 atom stereocenters. The van der Waals surface area contributed by atoms with Crippen LogP contribution in [0, 0.1) is 0 Å². The van der Waals surface area contributed by atoms with Crippen LogP contribution in [0.4, 0.5) is 0 Å². The summed E-state index contributed by atoms with van der Waals surface area (Å²) in [5.74, 6) is -0.0607. The third-order valence-corrected chi connectivity index (χ3v) is 12.0. The number of unbranched alkanes of at least 4 members (excludes halogenated alkanes) is 40. The zero-order chi connectivity index (χ0) is 40.0. The highest BCUT2D eigenvalue weighted by Crippen LogP contribution is 2.17. The zero-order valence-corrected chi connectivity index (χ0v) is 37.7. The first kappa shape index (κ1) is 54.1. The Morgan fingerprint density at radius 3 is 0.945 bits per heavy atom. The van der Waals surface area contributed by atoms with E-state index in [1.807, 2.05) is 6.08 Å².